The SMILES string of the molecule is CCN(CC(C)(C)O)c1nc(N)nc2ccccc12. The molecule has 0 aliphatic rings. The van der Waals surface area contributed by atoms with Crippen molar-refractivity contribution in [2.75, 3.05) is 23.7 Å². The number of nitrogens with two attached hydrogens (primary N) is 1. The Balaban J connectivity index is 2.53. The molecule has 1 heterocycles. The molecule has 5 heteroatoms. The number of nitrogens with zero attached hydrogens (tertiary/aromatic N) is 3. The summed E-state index contributed by atoms with van der Waals surface area (Å²) >= 11 is 0. The van der Waals surface area contributed by atoms with Gasteiger partial charge in [0.1, 0.15) is 5.82 Å². The second-order valence-electron chi connectivity index (χ2n) is 5.25. The number of benzene rings is 1. The lowest BCUT2D eigenvalue weighted by Crippen LogP contribution is -2.39. The molecule has 2 rings (SSSR count). The van der Waals surface area contributed by atoms with Crippen molar-refractivity contribution < 1.29 is 5.11 Å². The fraction of sp³-hybridized carbons (Fsp3) is 0.429. The molecular weight excluding hydrogens is 240 g/mol. The monoisotopic (exact) mass is 260 g/mol. The summed E-state index contributed by atoms with van der Waals surface area (Å²) < 4.78 is 0. The Labute approximate surface area is 113 Å². The normalized spacial score (nSPS) is 11.8. The van der Waals surface area contributed by atoms with E-state index in [1.807, 2.05) is 36.1 Å². The van der Waals surface area contributed by atoms with Gasteiger partial charge in [-0.25, -0.2) is 4.98 Å². The number of hydrogen-bond acceptors (Lipinski definition) is 5. The van der Waals surface area contributed by atoms with Crippen molar-refractivity contribution in [1.29, 1.82) is 0 Å². The van der Waals surface area contributed by atoms with Crippen LogP contribution in [0.4, 0.5) is 11.8 Å². The first kappa shape index (κ1) is 13.5. The molecule has 0 bridgehead atoms. The highest BCUT2D eigenvalue weighted by Gasteiger charge is 2.20. The van der Waals surface area contributed by atoms with Crippen LogP contribution in [0.25, 0.3) is 10.9 Å². The van der Waals surface area contributed by atoms with Gasteiger partial charge in [0, 0.05) is 18.5 Å². The minimum atomic E-state index is -0.795. The Hall–Kier alpha value is -1.88. The molecule has 0 atom stereocenters. The summed E-state index contributed by atoms with van der Waals surface area (Å²) in [4.78, 5) is 10.6. The molecule has 1 aromatic heterocycles. The van der Waals surface area contributed by atoms with Crippen LogP contribution in [0.15, 0.2) is 24.3 Å². The Morgan fingerprint density at radius 1 is 1.26 bits per heavy atom. The molecule has 19 heavy (non-hydrogen) atoms. The van der Waals surface area contributed by atoms with Crippen LogP contribution >= 0.6 is 0 Å². The molecule has 0 saturated heterocycles. The number of likely N-dealkylation sites (N-methyl/N-ethyl adjacent to an activating group) is 1. The van der Waals surface area contributed by atoms with Gasteiger partial charge in [0.05, 0.1) is 11.1 Å². The van der Waals surface area contributed by atoms with Gasteiger partial charge in [-0.2, -0.15) is 4.98 Å². The first-order valence-corrected chi connectivity index (χ1v) is 6.40. The zero-order valence-electron chi connectivity index (χ0n) is 11.6. The van der Waals surface area contributed by atoms with Crippen LogP contribution < -0.4 is 10.6 Å². The van der Waals surface area contributed by atoms with E-state index in [-0.39, 0.29) is 5.95 Å². The van der Waals surface area contributed by atoms with Crippen molar-refractivity contribution in [2.24, 2.45) is 0 Å². The first-order valence-electron chi connectivity index (χ1n) is 6.40. The van der Waals surface area contributed by atoms with E-state index in [0.29, 0.717) is 6.54 Å². The summed E-state index contributed by atoms with van der Waals surface area (Å²) in [5, 5.41) is 11.0. The fourth-order valence-electron chi connectivity index (χ4n) is 2.12. The van der Waals surface area contributed by atoms with Gasteiger partial charge < -0.3 is 15.7 Å². The minimum absolute atomic E-state index is 0.253. The molecule has 0 radical (unpaired) electrons. The van der Waals surface area contributed by atoms with Gasteiger partial charge in [0.25, 0.3) is 0 Å². The van der Waals surface area contributed by atoms with E-state index in [2.05, 4.69) is 9.97 Å². The smallest absolute Gasteiger partial charge is 0.222 e. The van der Waals surface area contributed by atoms with Gasteiger partial charge in [0.2, 0.25) is 5.95 Å². The largest absolute Gasteiger partial charge is 0.389 e. The summed E-state index contributed by atoms with van der Waals surface area (Å²) in [6.07, 6.45) is 0. The molecule has 2 aromatic rings. The van der Waals surface area contributed by atoms with Gasteiger partial charge in [-0.1, -0.05) is 12.1 Å². The Morgan fingerprint density at radius 2 is 1.95 bits per heavy atom. The van der Waals surface area contributed by atoms with E-state index in [9.17, 15) is 5.11 Å². The molecule has 3 N–H and O–H groups in total. The minimum Gasteiger partial charge on any atom is -0.389 e. The molecule has 0 unspecified atom stereocenters. The third kappa shape index (κ3) is 3.12. The van der Waals surface area contributed by atoms with Gasteiger partial charge in [-0.15, -0.1) is 0 Å². The topological polar surface area (TPSA) is 75.3 Å². The number of hydrogen-bond donors (Lipinski definition) is 2. The molecule has 5 nitrogen and oxygen atoms in total. The number of rotatable bonds is 4. The molecule has 0 aliphatic carbocycles. The zero-order valence-corrected chi connectivity index (χ0v) is 11.6. The van der Waals surface area contributed by atoms with Gasteiger partial charge in [-0.3, -0.25) is 0 Å². The molecule has 0 fully saturated rings. The second-order valence-corrected chi connectivity index (χ2v) is 5.25. The predicted octanol–water partition coefficient (Wildman–Crippen LogP) is 1.81. The summed E-state index contributed by atoms with van der Waals surface area (Å²) in [6.45, 7) is 6.82. The summed E-state index contributed by atoms with van der Waals surface area (Å²) in [5.74, 6) is 1.02. The molecule has 0 saturated carbocycles. The number of aliphatic hydroxyl groups is 1. The van der Waals surface area contributed by atoms with E-state index in [4.69, 9.17) is 5.73 Å². The molecule has 102 valence electrons. The molecule has 0 amide bonds. The Morgan fingerprint density at radius 3 is 2.58 bits per heavy atom. The summed E-state index contributed by atoms with van der Waals surface area (Å²) in [7, 11) is 0. The van der Waals surface area contributed by atoms with Crippen LogP contribution in [0.5, 0.6) is 0 Å². The highest BCUT2D eigenvalue weighted by Crippen LogP contribution is 2.25. The van der Waals surface area contributed by atoms with Gasteiger partial charge in [0.15, 0.2) is 0 Å². The maximum absolute atomic E-state index is 10.0. The molecule has 1 aromatic carbocycles. The van der Waals surface area contributed by atoms with Crippen LogP contribution in [-0.4, -0.2) is 33.8 Å². The van der Waals surface area contributed by atoms with E-state index in [0.717, 1.165) is 23.3 Å². The lowest BCUT2D eigenvalue weighted by atomic mass is 10.1. The van der Waals surface area contributed by atoms with Crippen LogP contribution in [0.1, 0.15) is 20.8 Å². The number of para-hydroxylation sites is 1. The maximum atomic E-state index is 10.0. The maximum Gasteiger partial charge on any atom is 0.222 e. The number of nitrogen functional groups attached to an aromatic ring is 1. The van der Waals surface area contributed by atoms with Crippen LogP contribution in [-0.2, 0) is 0 Å². The highest BCUT2D eigenvalue weighted by molar-refractivity contribution is 5.90. The first-order chi connectivity index (χ1) is 8.90. The van der Waals surface area contributed by atoms with E-state index >= 15 is 0 Å². The van der Waals surface area contributed by atoms with Crippen LogP contribution in [0, 0.1) is 0 Å². The molecule has 0 aliphatic heterocycles. The molecule has 0 spiro atoms. The standard InChI is InChI=1S/C14H20N4O/c1-4-18(9-14(2,3)19)12-10-7-5-6-8-11(10)16-13(15)17-12/h5-8,19H,4,9H2,1-3H3,(H2,15,16,17). The van der Waals surface area contributed by atoms with Crippen molar-refractivity contribution in [3.05, 3.63) is 24.3 Å². The lowest BCUT2D eigenvalue weighted by molar-refractivity contribution is 0.0875. The third-order valence-electron chi connectivity index (χ3n) is 2.86. The number of fused-ring (bicyclic) bond motifs is 1. The highest BCUT2D eigenvalue weighted by atomic mass is 16.3. The molecular formula is C14H20N4O. The quantitative estimate of drug-likeness (QED) is 0.877. The fourth-order valence-corrected chi connectivity index (χ4v) is 2.12. The average Bonchev–Trinajstić information content (AvgIpc) is 2.34. The van der Waals surface area contributed by atoms with E-state index < -0.39 is 5.60 Å². The third-order valence-corrected chi connectivity index (χ3v) is 2.86. The number of aromatic nitrogens is 2. The predicted molar refractivity (Wildman–Crippen MR) is 78.1 cm³/mol. The second kappa shape index (κ2) is 5.01. The lowest BCUT2D eigenvalue weighted by Gasteiger charge is -2.29. The van der Waals surface area contributed by atoms with Gasteiger partial charge >= 0.3 is 0 Å². The summed E-state index contributed by atoms with van der Waals surface area (Å²) in [6, 6.07) is 7.75. The van der Waals surface area contributed by atoms with Crippen LogP contribution in [0.2, 0.25) is 0 Å². The van der Waals surface area contributed by atoms with E-state index in [1.165, 1.54) is 0 Å². The van der Waals surface area contributed by atoms with Crippen molar-refractivity contribution in [3.63, 3.8) is 0 Å². The number of anilines is 2. The van der Waals surface area contributed by atoms with Crippen molar-refractivity contribution in [3.8, 4) is 0 Å². The van der Waals surface area contributed by atoms with Gasteiger partial charge in [-0.05, 0) is 32.9 Å². The van der Waals surface area contributed by atoms with Crippen molar-refractivity contribution >= 4 is 22.7 Å². The Bertz CT molecular complexity index is 577. The zero-order chi connectivity index (χ0) is 14.0. The average molecular weight is 260 g/mol. The van der Waals surface area contributed by atoms with Crippen molar-refractivity contribution in [2.45, 2.75) is 26.4 Å². The van der Waals surface area contributed by atoms with E-state index in [1.54, 1.807) is 13.8 Å². The Kier molecular flexibility index (Phi) is 3.57. The summed E-state index contributed by atoms with van der Waals surface area (Å²) in [5.41, 5.74) is 5.79. The van der Waals surface area contributed by atoms with Crippen LogP contribution in [0.3, 0.4) is 0 Å². The van der Waals surface area contributed by atoms with Crippen molar-refractivity contribution in [1.82, 2.24) is 9.97 Å².